The number of hydrogen-bond donors (Lipinski definition) is 1. The van der Waals surface area contributed by atoms with Crippen molar-refractivity contribution in [3.05, 3.63) is 34.1 Å². The summed E-state index contributed by atoms with van der Waals surface area (Å²) in [5, 5.41) is 0. The Morgan fingerprint density at radius 2 is 1.79 bits per heavy atom. The summed E-state index contributed by atoms with van der Waals surface area (Å²) in [5.41, 5.74) is 7.08. The van der Waals surface area contributed by atoms with E-state index in [9.17, 15) is 4.39 Å². The molecule has 0 spiro atoms. The van der Waals surface area contributed by atoms with Gasteiger partial charge in [0.15, 0.2) is 0 Å². The van der Waals surface area contributed by atoms with Gasteiger partial charge in [0, 0.05) is 17.1 Å². The molecule has 1 heterocycles. The number of hydrogen-bond acceptors (Lipinski definition) is 2. The van der Waals surface area contributed by atoms with Crippen molar-refractivity contribution < 1.29 is 4.39 Å². The Bertz CT molecular complexity index is 403. The highest BCUT2D eigenvalue weighted by molar-refractivity contribution is 9.10. The van der Waals surface area contributed by atoms with Crippen molar-refractivity contribution in [1.82, 2.24) is 4.90 Å². The highest BCUT2D eigenvalue weighted by atomic mass is 79.9. The second-order valence-electron chi connectivity index (χ2n) is 5.22. The molecule has 2 N–H and O–H groups in total. The predicted molar refractivity (Wildman–Crippen MR) is 80.6 cm³/mol. The van der Waals surface area contributed by atoms with Gasteiger partial charge in [-0.25, -0.2) is 4.39 Å². The van der Waals surface area contributed by atoms with E-state index in [0.717, 1.165) is 23.1 Å². The summed E-state index contributed by atoms with van der Waals surface area (Å²) < 4.78 is 14.0. The molecule has 0 aliphatic carbocycles. The second kappa shape index (κ2) is 7.36. The Morgan fingerprint density at radius 1 is 1.16 bits per heavy atom. The van der Waals surface area contributed by atoms with E-state index in [0.29, 0.717) is 6.54 Å². The fourth-order valence-electron chi connectivity index (χ4n) is 2.83. The molecule has 1 saturated heterocycles. The van der Waals surface area contributed by atoms with Crippen molar-refractivity contribution >= 4 is 15.9 Å². The third kappa shape index (κ3) is 4.01. The number of likely N-dealkylation sites (tertiary alicyclic amines) is 1. The minimum absolute atomic E-state index is 0.188. The average Bonchev–Trinajstić information content (AvgIpc) is 2.34. The summed E-state index contributed by atoms with van der Waals surface area (Å²) in [5.74, 6) is -0.209. The van der Waals surface area contributed by atoms with Crippen LogP contribution in [-0.4, -0.2) is 24.5 Å². The minimum atomic E-state index is -0.209. The lowest BCUT2D eigenvalue weighted by Crippen LogP contribution is -2.36. The van der Waals surface area contributed by atoms with Crippen LogP contribution in [0, 0.1) is 5.82 Å². The van der Waals surface area contributed by atoms with Gasteiger partial charge in [-0.2, -0.15) is 0 Å². The zero-order valence-corrected chi connectivity index (χ0v) is 12.8. The van der Waals surface area contributed by atoms with Crippen molar-refractivity contribution in [3.8, 4) is 0 Å². The van der Waals surface area contributed by atoms with E-state index in [1.165, 1.54) is 44.2 Å². The van der Waals surface area contributed by atoms with Crippen LogP contribution in [0.15, 0.2) is 22.7 Å². The van der Waals surface area contributed by atoms with Crippen LogP contribution in [0.2, 0.25) is 0 Å². The molecular weight excluding hydrogens is 307 g/mol. The molecule has 1 unspecified atom stereocenters. The van der Waals surface area contributed by atoms with Crippen LogP contribution in [-0.2, 0) is 0 Å². The summed E-state index contributed by atoms with van der Waals surface area (Å²) >= 11 is 3.47. The molecule has 19 heavy (non-hydrogen) atoms. The first kappa shape index (κ1) is 14.9. The van der Waals surface area contributed by atoms with Crippen LogP contribution in [0.4, 0.5) is 4.39 Å². The van der Waals surface area contributed by atoms with Crippen molar-refractivity contribution in [2.75, 3.05) is 19.6 Å². The lowest BCUT2D eigenvalue weighted by atomic mass is 10.0. The van der Waals surface area contributed by atoms with Crippen LogP contribution in [0.1, 0.15) is 43.7 Å². The molecule has 4 heteroatoms. The van der Waals surface area contributed by atoms with Crippen LogP contribution in [0.5, 0.6) is 0 Å². The third-order valence-corrected chi connectivity index (χ3v) is 4.56. The van der Waals surface area contributed by atoms with E-state index in [-0.39, 0.29) is 11.9 Å². The van der Waals surface area contributed by atoms with Gasteiger partial charge in [0.1, 0.15) is 5.82 Å². The molecular formula is C15H22BrFN2. The normalized spacial score (nSPS) is 19.7. The highest BCUT2D eigenvalue weighted by Crippen LogP contribution is 2.29. The quantitative estimate of drug-likeness (QED) is 0.913. The van der Waals surface area contributed by atoms with Gasteiger partial charge in [0.05, 0.1) is 0 Å². The number of benzene rings is 1. The second-order valence-corrected chi connectivity index (χ2v) is 6.08. The number of nitrogens with two attached hydrogens (primary N) is 1. The Balaban J connectivity index is 2.17. The zero-order chi connectivity index (χ0) is 13.7. The SMILES string of the molecule is NCC(c1ccc(F)cc1Br)N1CCCCCCC1. The Kier molecular flexibility index (Phi) is 5.79. The van der Waals surface area contributed by atoms with E-state index in [1.54, 1.807) is 0 Å². The van der Waals surface area contributed by atoms with E-state index in [4.69, 9.17) is 5.73 Å². The van der Waals surface area contributed by atoms with Gasteiger partial charge in [-0.3, -0.25) is 4.90 Å². The number of nitrogens with zero attached hydrogens (tertiary/aromatic N) is 1. The van der Waals surface area contributed by atoms with Gasteiger partial charge in [-0.15, -0.1) is 0 Å². The molecule has 1 aromatic carbocycles. The standard InChI is InChI=1S/C15H22BrFN2/c16-14-10-12(17)6-7-13(14)15(11-18)19-8-4-2-1-3-5-9-19/h6-7,10,15H,1-5,8-9,11,18H2. The fourth-order valence-corrected chi connectivity index (χ4v) is 3.44. The lowest BCUT2D eigenvalue weighted by Gasteiger charge is -2.33. The van der Waals surface area contributed by atoms with E-state index in [1.807, 2.05) is 6.07 Å². The lowest BCUT2D eigenvalue weighted by molar-refractivity contribution is 0.183. The summed E-state index contributed by atoms with van der Waals surface area (Å²) in [6.07, 6.45) is 6.42. The Morgan fingerprint density at radius 3 is 2.37 bits per heavy atom. The molecule has 0 saturated carbocycles. The van der Waals surface area contributed by atoms with E-state index >= 15 is 0 Å². The summed E-state index contributed by atoms with van der Waals surface area (Å²) in [7, 11) is 0. The van der Waals surface area contributed by atoms with Crippen molar-refractivity contribution in [3.63, 3.8) is 0 Å². The third-order valence-electron chi connectivity index (χ3n) is 3.88. The monoisotopic (exact) mass is 328 g/mol. The van der Waals surface area contributed by atoms with E-state index in [2.05, 4.69) is 20.8 Å². The summed E-state index contributed by atoms with van der Waals surface area (Å²) in [6, 6.07) is 5.10. The molecule has 1 fully saturated rings. The molecule has 0 bridgehead atoms. The molecule has 106 valence electrons. The van der Waals surface area contributed by atoms with Gasteiger partial charge in [-0.1, -0.05) is 41.3 Å². The molecule has 2 rings (SSSR count). The molecule has 0 aromatic heterocycles. The molecule has 2 nitrogen and oxygen atoms in total. The summed E-state index contributed by atoms with van der Waals surface area (Å²) in [4.78, 5) is 2.46. The molecule has 1 atom stereocenters. The summed E-state index contributed by atoms with van der Waals surface area (Å²) in [6.45, 7) is 2.75. The van der Waals surface area contributed by atoms with Crippen LogP contribution in [0.3, 0.4) is 0 Å². The molecule has 1 aliphatic rings. The number of halogens is 2. The van der Waals surface area contributed by atoms with Crippen molar-refractivity contribution in [2.24, 2.45) is 5.73 Å². The van der Waals surface area contributed by atoms with Gasteiger partial charge >= 0.3 is 0 Å². The van der Waals surface area contributed by atoms with Gasteiger partial charge < -0.3 is 5.73 Å². The first-order valence-corrected chi connectivity index (χ1v) is 7.90. The largest absolute Gasteiger partial charge is 0.329 e. The molecule has 0 amide bonds. The zero-order valence-electron chi connectivity index (χ0n) is 11.2. The smallest absolute Gasteiger partial charge is 0.124 e. The minimum Gasteiger partial charge on any atom is -0.329 e. The average molecular weight is 329 g/mol. The maximum absolute atomic E-state index is 13.2. The molecule has 1 aromatic rings. The van der Waals surface area contributed by atoms with Crippen molar-refractivity contribution in [2.45, 2.75) is 38.1 Å². The predicted octanol–water partition coefficient (Wildman–Crippen LogP) is 3.85. The maximum atomic E-state index is 13.2. The first-order valence-electron chi connectivity index (χ1n) is 7.11. The van der Waals surface area contributed by atoms with Gasteiger partial charge in [0.25, 0.3) is 0 Å². The van der Waals surface area contributed by atoms with Crippen molar-refractivity contribution in [1.29, 1.82) is 0 Å². The van der Waals surface area contributed by atoms with Crippen LogP contribution < -0.4 is 5.73 Å². The maximum Gasteiger partial charge on any atom is 0.124 e. The van der Waals surface area contributed by atoms with Crippen LogP contribution in [0.25, 0.3) is 0 Å². The van der Waals surface area contributed by atoms with Gasteiger partial charge in [0.2, 0.25) is 0 Å². The molecule has 0 radical (unpaired) electrons. The topological polar surface area (TPSA) is 29.3 Å². The fraction of sp³-hybridized carbons (Fsp3) is 0.600. The highest BCUT2D eigenvalue weighted by Gasteiger charge is 2.21. The van der Waals surface area contributed by atoms with Crippen LogP contribution >= 0.6 is 15.9 Å². The Hall–Kier alpha value is -0.450. The van der Waals surface area contributed by atoms with E-state index < -0.39 is 0 Å². The number of rotatable bonds is 3. The molecule has 1 aliphatic heterocycles. The first-order chi connectivity index (χ1) is 9.22. The van der Waals surface area contributed by atoms with Gasteiger partial charge in [-0.05, 0) is 43.6 Å². The Labute approximate surface area is 123 Å².